The van der Waals surface area contributed by atoms with Crippen molar-refractivity contribution in [3.8, 4) is 11.8 Å². The van der Waals surface area contributed by atoms with Crippen molar-refractivity contribution in [2.75, 3.05) is 11.9 Å². The van der Waals surface area contributed by atoms with Crippen LogP contribution in [0.2, 0.25) is 0 Å². The molecular formula is C12H12FNO2. The van der Waals surface area contributed by atoms with Gasteiger partial charge in [0.05, 0.1) is 11.3 Å². The van der Waals surface area contributed by atoms with Crippen molar-refractivity contribution in [2.24, 2.45) is 0 Å². The Morgan fingerprint density at radius 2 is 2.31 bits per heavy atom. The second kappa shape index (κ2) is 5.76. The van der Waals surface area contributed by atoms with Crippen LogP contribution in [0.25, 0.3) is 0 Å². The molecule has 0 saturated carbocycles. The molecule has 0 amide bonds. The van der Waals surface area contributed by atoms with E-state index >= 15 is 0 Å². The van der Waals surface area contributed by atoms with Crippen LogP contribution in [0.3, 0.4) is 0 Å². The third-order valence-corrected chi connectivity index (χ3v) is 1.96. The second-order valence-corrected chi connectivity index (χ2v) is 3.10. The summed E-state index contributed by atoms with van der Waals surface area (Å²) in [5.41, 5.74) is 0.235. The van der Waals surface area contributed by atoms with Crippen molar-refractivity contribution in [3.63, 3.8) is 0 Å². The molecule has 0 heterocycles. The maximum atomic E-state index is 13.4. The summed E-state index contributed by atoms with van der Waals surface area (Å²) < 4.78 is 13.4. The summed E-state index contributed by atoms with van der Waals surface area (Å²) in [7, 11) is 0. The number of carboxylic acids is 1. The summed E-state index contributed by atoms with van der Waals surface area (Å²) >= 11 is 0. The Morgan fingerprint density at radius 3 is 2.88 bits per heavy atom. The van der Waals surface area contributed by atoms with Crippen molar-refractivity contribution in [1.29, 1.82) is 0 Å². The molecule has 84 valence electrons. The Labute approximate surface area is 93.3 Å². The van der Waals surface area contributed by atoms with Crippen LogP contribution >= 0.6 is 0 Å². The Hall–Kier alpha value is -2.02. The fourth-order valence-corrected chi connectivity index (χ4v) is 1.18. The zero-order chi connectivity index (χ0) is 12.0. The quantitative estimate of drug-likeness (QED) is 0.606. The highest BCUT2D eigenvalue weighted by atomic mass is 19.1. The number of benzene rings is 1. The number of hydrogen-bond acceptors (Lipinski definition) is 2. The molecule has 1 aromatic rings. The Balaban J connectivity index is 2.67. The molecule has 1 rings (SSSR count). The number of anilines is 1. The molecule has 0 saturated heterocycles. The van der Waals surface area contributed by atoms with Gasteiger partial charge < -0.3 is 10.4 Å². The molecule has 0 fully saturated rings. The fraction of sp³-hybridized carbons (Fsp3) is 0.250. The van der Waals surface area contributed by atoms with E-state index in [0.717, 1.165) is 6.07 Å². The number of hydrogen-bond donors (Lipinski definition) is 2. The summed E-state index contributed by atoms with van der Waals surface area (Å²) in [5, 5.41) is 11.5. The molecule has 16 heavy (non-hydrogen) atoms. The first kappa shape index (κ1) is 12.1. The summed E-state index contributed by atoms with van der Waals surface area (Å²) in [6, 6.07) is 3.77. The molecule has 0 aliphatic carbocycles. The fourth-order valence-electron chi connectivity index (χ4n) is 1.18. The van der Waals surface area contributed by atoms with Gasteiger partial charge in [0.1, 0.15) is 5.82 Å². The topological polar surface area (TPSA) is 49.3 Å². The summed E-state index contributed by atoms with van der Waals surface area (Å²) in [6.07, 6.45) is 0.622. The van der Waals surface area contributed by atoms with E-state index in [1.807, 2.05) is 0 Å². The molecule has 0 aliphatic heterocycles. The minimum absolute atomic E-state index is 0.0589. The van der Waals surface area contributed by atoms with E-state index in [9.17, 15) is 9.18 Å². The molecule has 0 aliphatic rings. The summed E-state index contributed by atoms with van der Waals surface area (Å²) in [4.78, 5) is 10.6. The normalized spacial score (nSPS) is 9.12. The van der Waals surface area contributed by atoms with Crippen LogP contribution in [0.4, 0.5) is 10.1 Å². The number of carbonyl (C=O) groups is 1. The Kier molecular flexibility index (Phi) is 4.34. The van der Waals surface area contributed by atoms with Gasteiger partial charge in [-0.3, -0.25) is 0 Å². The predicted octanol–water partition coefficient (Wildman–Crippen LogP) is 2.35. The summed E-state index contributed by atoms with van der Waals surface area (Å²) in [6.45, 7) is 2.27. The van der Waals surface area contributed by atoms with E-state index in [-0.39, 0.29) is 5.56 Å². The minimum Gasteiger partial charge on any atom is -0.478 e. The van der Waals surface area contributed by atoms with E-state index in [1.54, 1.807) is 6.92 Å². The molecule has 0 bridgehead atoms. The highest BCUT2D eigenvalue weighted by Crippen LogP contribution is 2.15. The third kappa shape index (κ3) is 3.28. The highest BCUT2D eigenvalue weighted by molar-refractivity contribution is 5.88. The van der Waals surface area contributed by atoms with Gasteiger partial charge in [0, 0.05) is 13.0 Å². The highest BCUT2D eigenvalue weighted by Gasteiger charge is 2.07. The van der Waals surface area contributed by atoms with Crippen LogP contribution in [0, 0.1) is 17.7 Å². The lowest BCUT2D eigenvalue weighted by molar-refractivity contribution is 0.0696. The van der Waals surface area contributed by atoms with Crippen LogP contribution < -0.4 is 5.32 Å². The van der Waals surface area contributed by atoms with E-state index in [4.69, 9.17) is 5.11 Å². The average Bonchev–Trinajstić information content (AvgIpc) is 2.26. The van der Waals surface area contributed by atoms with Crippen LogP contribution in [-0.4, -0.2) is 17.6 Å². The Morgan fingerprint density at radius 1 is 1.56 bits per heavy atom. The van der Waals surface area contributed by atoms with Gasteiger partial charge in [-0.1, -0.05) is 0 Å². The van der Waals surface area contributed by atoms with Gasteiger partial charge in [0.15, 0.2) is 0 Å². The molecular weight excluding hydrogens is 209 g/mol. The molecule has 0 unspecified atom stereocenters. The van der Waals surface area contributed by atoms with Crippen LogP contribution in [-0.2, 0) is 0 Å². The van der Waals surface area contributed by atoms with Crippen molar-refractivity contribution < 1.29 is 14.3 Å². The maximum Gasteiger partial charge on any atom is 0.335 e. The van der Waals surface area contributed by atoms with Gasteiger partial charge in [0.25, 0.3) is 0 Å². The molecule has 0 atom stereocenters. The van der Waals surface area contributed by atoms with Crippen molar-refractivity contribution >= 4 is 11.7 Å². The zero-order valence-electron chi connectivity index (χ0n) is 8.88. The number of aromatic carboxylic acids is 1. The van der Waals surface area contributed by atoms with Gasteiger partial charge >= 0.3 is 5.97 Å². The monoisotopic (exact) mass is 221 g/mol. The first-order valence-electron chi connectivity index (χ1n) is 4.81. The van der Waals surface area contributed by atoms with E-state index in [2.05, 4.69) is 17.2 Å². The largest absolute Gasteiger partial charge is 0.478 e. The van der Waals surface area contributed by atoms with E-state index in [0.29, 0.717) is 18.7 Å². The molecule has 1 aromatic carbocycles. The molecule has 0 aromatic heterocycles. The van der Waals surface area contributed by atoms with Gasteiger partial charge in [-0.2, -0.15) is 0 Å². The molecule has 2 N–H and O–H groups in total. The van der Waals surface area contributed by atoms with Gasteiger partial charge in [-0.15, -0.1) is 11.8 Å². The zero-order valence-corrected chi connectivity index (χ0v) is 8.88. The smallest absolute Gasteiger partial charge is 0.335 e. The minimum atomic E-state index is -1.14. The predicted molar refractivity (Wildman–Crippen MR) is 59.9 cm³/mol. The molecule has 0 spiro atoms. The van der Waals surface area contributed by atoms with Crippen molar-refractivity contribution in [1.82, 2.24) is 0 Å². The van der Waals surface area contributed by atoms with E-state index < -0.39 is 11.8 Å². The first-order valence-corrected chi connectivity index (χ1v) is 4.81. The number of carboxylic acid groups (broad SMARTS) is 1. The number of nitrogens with one attached hydrogen (secondary N) is 1. The standard InChI is InChI=1S/C12H12FNO2/c1-2-3-4-7-14-11-6-5-9(12(15)16)8-10(11)13/h5-6,8,14H,4,7H2,1H3,(H,15,16). The lowest BCUT2D eigenvalue weighted by Gasteiger charge is -2.05. The van der Waals surface area contributed by atoms with Gasteiger partial charge in [0.2, 0.25) is 0 Å². The van der Waals surface area contributed by atoms with Gasteiger partial charge in [-0.25, -0.2) is 9.18 Å². The molecule has 0 radical (unpaired) electrons. The second-order valence-electron chi connectivity index (χ2n) is 3.10. The van der Waals surface area contributed by atoms with Crippen LogP contribution in [0.1, 0.15) is 23.7 Å². The SMILES string of the molecule is CC#CCCNc1ccc(C(=O)O)cc1F. The average molecular weight is 221 g/mol. The number of halogens is 1. The van der Waals surface area contributed by atoms with Crippen molar-refractivity contribution in [3.05, 3.63) is 29.6 Å². The Bertz CT molecular complexity index is 446. The number of rotatable bonds is 4. The lowest BCUT2D eigenvalue weighted by Crippen LogP contribution is -2.04. The van der Waals surface area contributed by atoms with E-state index in [1.165, 1.54) is 12.1 Å². The third-order valence-electron chi connectivity index (χ3n) is 1.96. The maximum absolute atomic E-state index is 13.4. The van der Waals surface area contributed by atoms with Gasteiger partial charge in [-0.05, 0) is 25.1 Å². The van der Waals surface area contributed by atoms with Crippen molar-refractivity contribution in [2.45, 2.75) is 13.3 Å². The van der Waals surface area contributed by atoms with Crippen LogP contribution in [0.5, 0.6) is 0 Å². The van der Waals surface area contributed by atoms with Crippen LogP contribution in [0.15, 0.2) is 18.2 Å². The molecule has 3 nitrogen and oxygen atoms in total. The first-order chi connectivity index (χ1) is 7.65. The summed E-state index contributed by atoms with van der Waals surface area (Å²) in [5.74, 6) is 3.87. The molecule has 4 heteroatoms. The lowest BCUT2D eigenvalue weighted by atomic mass is 10.2.